The van der Waals surface area contributed by atoms with Gasteiger partial charge in [-0.2, -0.15) is 11.8 Å². The molecule has 0 bridgehead atoms. The van der Waals surface area contributed by atoms with E-state index in [9.17, 15) is 14.4 Å². The highest BCUT2D eigenvalue weighted by Crippen LogP contribution is 2.36. The van der Waals surface area contributed by atoms with Gasteiger partial charge in [-0.25, -0.2) is 9.59 Å². The maximum atomic E-state index is 11.8. The molecule has 1 fully saturated rings. The number of carboxylic acids is 1. The number of esters is 1. The van der Waals surface area contributed by atoms with Crippen molar-refractivity contribution in [3.8, 4) is 0 Å². The quantitative estimate of drug-likeness (QED) is 0.604. The molecule has 0 radical (unpaired) electrons. The van der Waals surface area contributed by atoms with Gasteiger partial charge < -0.3 is 20.5 Å². The minimum atomic E-state index is -1.17. The van der Waals surface area contributed by atoms with E-state index >= 15 is 0 Å². The van der Waals surface area contributed by atoms with Crippen LogP contribution in [0.1, 0.15) is 32.6 Å². The summed E-state index contributed by atoms with van der Waals surface area (Å²) in [6.45, 7) is 2.57. The van der Waals surface area contributed by atoms with Gasteiger partial charge in [-0.05, 0) is 31.9 Å². The van der Waals surface area contributed by atoms with E-state index in [-0.39, 0.29) is 17.6 Å². The van der Waals surface area contributed by atoms with Gasteiger partial charge in [0.25, 0.3) is 0 Å². The fraction of sp³-hybridized carbons (Fsp3) is 0.769. The Morgan fingerprint density at radius 3 is 2.67 bits per heavy atom. The average Bonchev–Trinajstić information content (AvgIpc) is 2.87. The lowest BCUT2D eigenvalue weighted by atomic mass is 10.1. The second-order valence-corrected chi connectivity index (χ2v) is 6.92. The lowest BCUT2D eigenvalue weighted by molar-refractivity contribution is -0.142. The number of nitrogens with one attached hydrogen (secondary N) is 2. The maximum absolute atomic E-state index is 11.8. The van der Waals surface area contributed by atoms with Gasteiger partial charge in [-0.3, -0.25) is 4.79 Å². The van der Waals surface area contributed by atoms with Crippen LogP contribution in [-0.2, 0) is 14.3 Å². The fourth-order valence-electron chi connectivity index (χ4n) is 2.07. The summed E-state index contributed by atoms with van der Waals surface area (Å²) in [5, 5.41) is 14.1. The first kappa shape index (κ1) is 17.6. The number of ether oxygens (including phenoxy) is 1. The van der Waals surface area contributed by atoms with Crippen LogP contribution >= 0.6 is 11.8 Å². The summed E-state index contributed by atoms with van der Waals surface area (Å²) < 4.78 is 4.47. The molecule has 0 saturated carbocycles. The van der Waals surface area contributed by atoms with Crippen molar-refractivity contribution in [3.05, 3.63) is 0 Å². The van der Waals surface area contributed by atoms with Crippen molar-refractivity contribution in [1.29, 1.82) is 0 Å². The smallest absolute Gasteiger partial charge is 0.326 e. The van der Waals surface area contributed by atoms with Crippen molar-refractivity contribution < 1.29 is 24.2 Å². The van der Waals surface area contributed by atoms with E-state index in [0.717, 1.165) is 18.6 Å². The molecule has 1 heterocycles. The Labute approximate surface area is 128 Å². The number of amides is 2. The van der Waals surface area contributed by atoms with Crippen molar-refractivity contribution in [2.45, 2.75) is 43.4 Å². The number of methoxy groups -OCH3 is 1. The first-order valence-electron chi connectivity index (χ1n) is 6.84. The molecule has 3 N–H and O–H groups in total. The van der Waals surface area contributed by atoms with Gasteiger partial charge in [0, 0.05) is 17.7 Å². The lowest BCUT2D eigenvalue weighted by Gasteiger charge is -2.23. The Hall–Kier alpha value is -1.44. The van der Waals surface area contributed by atoms with E-state index in [1.165, 1.54) is 7.11 Å². The fourth-order valence-corrected chi connectivity index (χ4v) is 3.32. The molecule has 0 aromatic rings. The normalized spacial score (nSPS) is 22.4. The van der Waals surface area contributed by atoms with E-state index in [0.29, 0.717) is 6.54 Å². The third kappa shape index (κ3) is 6.24. The second kappa shape index (κ2) is 8.11. The molecule has 1 aliphatic heterocycles. The van der Waals surface area contributed by atoms with E-state index in [1.807, 2.05) is 11.8 Å². The minimum Gasteiger partial charge on any atom is -0.480 e. The van der Waals surface area contributed by atoms with E-state index in [2.05, 4.69) is 22.3 Å². The van der Waals surface area contributed by atoms with E-state index in [4.69, 9.17) is 5.11 Å². The highest BCUT2D eigenvalue weighted by molar-refractivity contribution is 8.00. The maximum Gasteiger partial charge on any atom is 0.326 e. The average molecular weight is 318 g/mol. The molecule has 2 atom stereocenters. The summed E-state index contributed by atoms with van der Waals surface area (Å²) >= 11 is 1.81. The third-order valence-electron chi connectivity index (χ3n) is 3.39. The van der Waals surface area contributed by atoms with Crippen LogP contribution in [-0.4, -0.2) is 53.3 Å². The second-order valence-electron chi connectivity index (χ2n) is 5.23. The summed E-state index contributed by atoms with van der Waals surface area (Å²) in [4.78, 5) is 33.8. The first-order chi connectivity index (χ1) is 9.86. The van der Waals surface area contributed by atoms with Gasteiger partial charge in [-0.1, -0.05) is 0 Å². The Balaban J connectivity index is 2.37. The molecule has 21 heavy (non-hydrogen) atoms. The first-order valence-corrected chi connectivity index (χ1v) is 7.83. The molecular weight excluding hydrogens is 296 g/mol. The molecular formula is C13H22N2O5S. The Bertz CT molecular complexity index is 396. The monoisotopic (exact) mass is 318 g/mol. The van der Waals surface area contributed by atoms with Crippen LogP contribution in [0.25, 0.3) is 0 Å². The molecule has 1 rings (SSSR count). The van der Waals surface area contributed by atoms with Crippen LogP contribution < -0.4 is 10.6 Å². The zero-order chi connectivity index (χ0) is 15.9. The molecule has 0 spiro atoms. The minimum absolute atomic E-state index is 0.00143. The molecule has 7 nitrogen and oxygen atoms in total. The number of carbonyl (C=O) groups is 3. The molecule has 1 saturated heterocycles. The van der Waals surface area contributed by atoms with Crippen LogP contribution in [0.3, 0.4) is 0 Å². The molecule has 2 amide bonds. The topological polar surface area (TPSA) is 105 Å². The summed E-state index contributed by atoms with van der Waals surface area (Å²) in [7, 11) is 1.23. The Morgan fingerprint density at radius 2 is 2.14 bits per heavy atom. The summed E-state index contributed by atoms with van der Waals surface area (Å²) in [5.41, 5.74) is 0. The molecule has 1 unspecified atom stereocenters. The summed E-state index contributed by atoms with van der Waals surface area (Å²) in [6.07, 6.45) is 2.10. The number of aliphatic carboxylic acids is 1. The van der Waals surface area contributed by atoms with Gasteiger partial charge in [-0.15, -0.1) is 0 Å². The Kier molecular flexibility index (Phi) is 6.80. The molecule has 0 aromatic heterocycles. The lowest BCUT2D eigenvalue weighted by Crippen LogP contribution is -2.48. The van der Waals surface area contributed by atoms with Crippen LogP contribution in [0.4, 0.5) is 4.79 Å². The van der Waals surface area contributed by atoms with Gasteiger partial charge in [0.1, 0.15) is 6.04 Å². The van der Waals surface area contributed by atoms with Gasteiger partial charge in [0.15, 0.2) is 0 Å². The van der Waals surface area contributed by atoms with Crippen LogP contribution in [0.5, 0.6) is 0 Å². The standard InChI is InChI=1S/C13H22N2O5S/c1-13(6-3-7-21-13)8-14-12(19)15-9(11(17)18)4-5-10(16)20-2/h9H,3-8H2,1-2H3,(H,17,18)(H2,14,15,19)/t9-,13?/m0/s1. The highest BCUT2D eigenvalue weighted by atomic mass is 32.2. The molecule has 8 heteroatoms. The van der Waals surface area contributed by atoms with Crippen molar-refractivity contribution in [3.63, 3.8) is 0 Å². The molecule has 0 aromatic carbocycles. The SMILES string of the molecule is COC(=O)CC[C@H](NC(=O)NCC1(C)CCCS1)C(=O)O. The largest absolute Gasteiger partial charge is 0.480 e. The number of urea groups is 1. The highest BCUT2D eigenvalue weighted by Gasteiger charge is 2.30. The summed E-state index contributed by atoms with van der Waals surface area (Å²) in [5.74, 6) is -0.592. The van der Waals surface area contributed by atoms with E-state index < -0.39 is 24.0 Å². The number of thioether (sulfide) groups is 1. The number of rotatable bonds is 7. The number of carbonyl (C=O) groups excluding carboxylic acids is 2. The molecule has 120 valence electrons. The molecule has 1 aliphatic rings. The van der Waals surface area contributed by atoms with E-state index in [1.54, 1.807) is 0 Å². The predicted octanol–water partition coefficient (Wildman–Crippen LogP) is 0.978. The van der Waals surface area contributed by atoms with Gasteiger partial charge >= 0.3 is 18.0 Å². The van der Waals surface area contributed by atoms with Gasteiger partial charge in [0.2, 0.25) is 0 Å². The zero-order valence-electron chi connectivity index (χ0n) is 12.3. The van der Waals surface area contributed by atoms with Crippen molar-refractivity contribution in [2.75, 3.05) is 19.4 Å². The Morgan fingerprint density at radius 1 is 1.43 bits per heavy atom. The number of carboxylic acid groups (broad SMARTS) is 1. The van der Waals surface area contributed by atoms with Crippen molar-refractivity contribution >= 4 is 29.7 Å². The summed E-state index contributed by atoms with van der Waals surface area (Å²) in [6, 6.07) is -1.63. The van der Waals surface area contributed by atoms with Crippen LogP contribution in [0.15, 0.2) is 0 Å². The predicted molar refractivity (Wildman–Crippen MR) is 79.3 cm³/mol. The molecule has 0 aliphatic carbocycles. The number of hydrogen-bond donors (Lipinski definition) is 3. The van der Waals surface area contributed by atoms with Crippen LogP contribution in [0, 0.1) is 0 Å². The van der Waals surface area contributed by atoms with Crippen LogP contribution in [0.2, 0.25) is 0 Å². The van der Waals surface area contributed by atoms with Crippen molar-refractivity contribution in [1.82, 2.24) is 10.6 Å². The number of hydrogen-bond acceptors (Lipinski definition) is 5. The van der Waals surface area contributed by atoms with Gasteiger partial charge in [0.05, 0.1) is 7.11 Å². The zero-order valence-corrected chi connectivity index (χ0v) is 13.1. The van der Waals surface area contributed by atoms with Crippen molar-refractivity contribution in [2.24, 2.45) is 0 Å². The third-order valence-corrected chi connectivity index (χ3v) is 4.93.